The Bertz CT molecular complexity index is 517. The zero-order valence-corrected chi connectivity index (χ0v) is 11.4. The van der Waals surface area contributed by atoms with E-state index in [-0.39, 0.29) is 6.10 Å². The molecule has 21 heavy (non-hydrogen) atoms. The summed E-state index contributed by atoms with van der Waals surface area (Å²) in [6.07, 6.45) is 3.81. The Balaban J connectivity index is 1.80. The first kappa shape index (κ1) is 15.1. The van der Waals surface area contributed by atoms with E-state index in [2.05, 4.69) is 5.32 Å². The number of amides is 1. The topological polar surface area (TPSA) is 87.7 Å². The number of anilines is 1. The molecule has 0 radical (unpaired) electrons. The van der Waals surface area contributed by atoms with Crippen molar-refractivity contribution in [2.24, 2.45) is 0 Å². The highest BCUT2D eigenvalue weighted by Gasteiger charge is 2.15. The Kier molecular flexibility index (Phi) is 5.34. The molecular weight excluding hydrogens is 274 g/mol. The second kappa shape index (κ2) is 7.44. The largest absolute Gasteiger partial charge is 0.545 e. The van der Waals surface area contributed by atoms with E-state index in [1.165, 1.54) is 0 Å². The number of ether oxygens (including phenoxy) is 2. The van der Waals surface area contributed by atoms with Gasteiger partial charge in [-0.25, -0.2) is 0 Å². The van der Waals surface area contributed by atoms with Gasteiger partial charge in [0.05, 0.1) is 12.1 Å². The summed E-state index contributed by atoms with van der Waals surface area (Å²) in [5.74, 6) is -1.26. The van der Waals surface area contributed by atoms with Crippen LogP contribution < -0.4 is 15.2 Å². The number of aliphatic carboxylic acids is 1. The predicted octanol–water partition coefficient (Wildman–Crippen LogP) is 0.489. The number of nitrogens with one attached hydrogen (secondary N) is 1. The summed E-state index contributed by atoms with van der Waals surface area (Å²) in [7, 11) is 0. The Morgan fingerprint density at radius 2 is 2.10 bits per heavy atom. The highest BCUT2D eigenvalue weighted by atomic mass is 16.5. The summed E-state index contributed by atoms with van der Waals surface area (Å²) in [5.41, 5.74) is 0.549. The first-order chi connectivity index (χ1) is 10.1. The van der Waals surface area contributed by atoms with Gasteiger partial charge in [0, 0.05) is 18.4 Å². The van der Waals surface area contributed by atoms with Gasteiger partial charge in [0.1, 0.15) is 12.4 Å². The van der Waals surface area contributed by atoms with Gasteiger partial charge in [-0.2, -0.15) is 0 Å². The summed E-state index contributed by atoms with van der Waals surface area (Å²) >= 11 is 0. The van der Waals surface area contributed by atoms with Crippen LogP contribution in [0.4, 0.5) is 5.69 Å². The second-order valence-electron chi connectivity index (χ2n) is 4.61. The highest BCUT2D eigenvalue weighted by Crippen LogP contribution is 2.18. The van der Waals surface area contributed by atoms with E-state index in [0.717, 1.165) is 25.5 Å². The van der Waals surface area contributed by atoms with E-state index in [4.69, 9.17) is 9.47 Å². The van der Waals surface area contributed by atoms with Crippen LogP contribution in [-0.2, 0) is 14.3 Å². The van der Waals surface area contributed by atoms with Crippen LogP contribution in [0.5, 0.6) is 5.75 Å². The molecule has 1 fully saturated rings. The molecule has 112 valence electrons. The SMILES string of the molecule is O=C([O-])/C=C/C(=O)Nc1ccc(OC[C@@H]2CCCO2)cc1. The third kappa shape index (κ3) is 5.27. The maximum absolute atomic E-state index is 11.4. The fraction of sp³-hybridized carbons (Fsp3) is 0.333. The fourth-order valence-corrected chi connectivity index (χ4v) is 1.93. The van der Waals surface area contributed by atoms with Gasteiger partial charge in [0.15, 0.2) is 0 Å². The third-order valence-corrected chi connectivity index (χ3v) is 2.95. The minimum atomic E-state index is -1.41. The quantitative estimate of drug-likeness (QED) is 0.770. The monoisotopic (exact) mass is 290 g/mol. The molecule has 2 rings (SSSR count). The van der Waals surface area contributed by atoms with Crippen LogP contribution in [0.15, 0.2) is 36.4 Å². The number of hydrogen-bond donors (Lipinski definition) is 1. The molecule has 1 aromatic rings. The third-order valence-electron chi connectivity index (χ3n) is 2.95. The normalized spacial score (nSPS) is 17.8. The standard InChI is InChI=1S/C15H17NO5/c17-14(7-8-15(18)19)16-11-3-5-12(6-4-11)21-10-13-2-1-9-20-13/h3-8,13H,1-2,9-10H2,(H,16,17)(H,18,19)/p-1/b8-7+/t13-/m0/s1. The highest BCUT2D eigenvalue weighted by molar-refractivity contribution is 6.02. The second-order valence-corrected chi connectivity index (χ2v) is 4.61. The minimum absolute atomic E-state index is 0.152. The molecule has 0 aliphatic carbocycles. The molecule has 1 atom stereocenters. The lowest BCUT2D eigenvalue weighted by Gasteiger charge is -2.11. The molecule has 1 aromatic carbocycles. The van der Waals surface area contributed by atoms with Crippen LogP contribution in [0.2, 0.25) is 0 Å². The van der Waals surface area contributed by atoms with Crippen LogP contribution in [0.3, 0.4) is 0 Å². The number of carboxylic acids is 1. The molecule has 1 aliphatic heterocycles. The number of benzene rings is 1. The summed E-state index contributed by atoms with van der Waals surface area (Å²) in [6.45, 7) is 1.30. The molecule has 0 saturated carbocycles. The average Bonchev–Trinajstić information content (AvgIpc) is 2.98. The van der Waals surface area contributed by atoms with Crippen LogP contribution in [0.25, 0.3) is 0 Å². The summed E-state index contributed by atoms with van der Waals surface area (Å²) < 4.78 is 11.0. The lowest BCUT2D eigenvalue weighted by molar-refractivity contribution is -0.297. The zero-order valence-electron chi connectivity index (χ0n) is 11.4. The first-order valence-corrected chi connectivity index (χ1v) is 6.68. The Morgan fingerprint density at radius 3 is 2.71 bits per heavy atom. The molecule has 6 nitrogen and oxygen atoms in total. The van der Waals surface area contributed by atoms with Crippen LogP contribution in [0, 0.1) is 0 Å². The number of hydrogen-bond acceptors (Lipinski definition) is 5. The van der Waals surface area contributed by atoms with Crippen LogP contribution >= 0.6 is 0 Å². The number of carbonyl (C=O) groups is 2. The fourth-order valence-electron chi connectivity index (χ4n) is 1.93. The predicted molar refractivity (Wildman–Crippen MR) is 73.7 cm³/mol. The maximum Gasteiger partial charge on any atom is 0.248 e. The molecule has 1 amide bonds. The molecule has 1 heterocycles. The van der Waals surface area contributed by atoms with Crippen molar-refractivity contribution in [1.82, 2.24) is 0 Å². The molecule has 1 N–H and O–H groups in total. The van der Waals surface area contributed by atoms with Gasteiger partial charge in [-0.05, 0) is 43.2 Å². The van der Waals surface area contributed by atoms with Gasteiger partial charge in [-0.3, -0.25) is 4.79 Å². The zero-order chi connectivity index (χ0) is 15.1. The van der Waals surface area contributed by atoms with E-state index in [1.807, 2.05) is 0 Å². The van der Waals surface area contributed by atoms with E-state index in [1.54, 1.807) is 24.3 Å². The summed E-state index contributed by atoms with van der Waals surface area (Å²) in [4.78, 5) is 21.5. The Morgan fingerprint density at radius 1 is 1.33 bits per heavy atom. The molecule has 1 aliphatic rings. The molecular formula is C15H16NO5-. The smallest absolute Gasteiger partial charge is 0.248 e. The van der Waals surface area contributed by atoms with E-state index >= 15 is 0 Å². The molecule has 1 saturated heterocycles. The molecule has 0 aromatic heterocycles. The van der Waals surface area contributed by atoms with Crippen molar-refractivity contribution < 1.29 is 24.2 Å². The maximum atomic E-state index is 11.4. The molecule has 0 unspecified atom stereocenters. The van der Waals surface area contributed by atoms with Gasteiger partial charge in [-0.15, -0.1) is 0 Å². The Labute approximate surface area is 122 Å². The number of carbonyl (C=O) groups excluding carboxylic acids is 2. The van der Waals surface area contributed by atoms with Crippen LogP contribution in [0.1, 0.15) is 12.8 Å². The summed E-state index contributed by atoms with van der Waals surface area (Å²) in [6, 6.07) is 6.81. The molecule has 0 bridgehead atoms. The lowest BCUT2D eigenvalue weighted by Crippen LogP contribution is -2.20. The number of carboxylic acid groups (broad SMARTS) is 1. The van der Waals surface area contributed by atoms with Crippen molar-refractivity contribution in [2.45, 2.75) is 18.9 Å². The van der Waals surface area contributed by atoms with Gasteiger partial charge < -0.3 is 24.7 Å². The van der Waals surface area contributed by atoms with Crippen molar-refractivity contribution >= 4 is 17.6 Å². The van der Waals surface area contributed by atoms with Crippen LogP contribution in [-0.4, -0.2) is 31.2 Å². The van der Waals surface area contributed by atoms with E-state index in [0.29, 0.717) is 24.1 Å². The lowest BCUT2D eigenvalue weighted by atomic mass is 10.2. The Hall–Kier alpha value is -2.34. The van der Waals surface area contributed by atoms with Gasteiger partial charge in [-0.1, -0.05) is 0 Å². The van der Waals surface area contributed by atoms with Crippen molar-refractivity contribution in [3.63, 3.8) is 0 Å². The molecule has 6 heteroatoms. The van der Waals surface area contributed by atoms with E-state index < -0.39 is 11.9 Å². The first-order valence-electron chi connectivity index (χ1n) is 6.68. The summed E-state index contributed by atoms with van der Waals surface area (Å²) in [5, 5.41) is 12.7. The van der Waals surface area contributed by atoms with Crippen molar-refractivity contribution in [1.29, 1.82) is 0 Å². The molecule has 0 spiro atoms. The van der Waals surface area contributed by atoms with Gasteiger partial charge in [0.2, 0.25) is 5.91 Å². The number of rotatable bonds is 6. The van der Waals surface area contributed by atoms with E-state index in [9.17, 15) is 14.7 Å². The van der Waals surface area contributed by atoms with Crippen molar-refractivity contribution in [3.8, 4) is 5.75 Å². The van der Waals surface area contributed by atoms with Crippen molar-refractivity contribution in [3.05, 3.63) is 36.4 Å². The average molecular weight is 290 g/mol. The van der Waals surface area contributed by atoms with Crippen molar-refractivity contribution in [2.75, 3.05) is 18.5 Å². The minimum Gasteiger partial charge on any atom is -0.545 e. The van der Waals surface area contributed by atoms with Gasteiger partial charge >= 0.3 is 0 Å². The van der Waals surface area contributed by atoms with Gasteiger partial charge in [0.25, 0.3) is 0 Å².